The largest absolute Gasteiger partial charge is 0.396 e. The van der Waals surface area contributed by atoms with Gasteiger partial charge >= 0.3 is 0 Å². The van der Waals surface area contributed by atoms with Crippen molar-refractivity contribution in [1.82, 2.24) is 5.32 Å². The molecule has 0 aromatic rings. The predicted octanol–water partition coefficient (Wildman–Crippen LogP) is 1.43. The molecule has 0 heterocycles. The quantitative estimate of drug-likeness (QED) is 0.654. The number of aliphatic hydroxyl groups excluding tert-OH is 1. The molecule has 0 amide bonds. The summed E-state index contributed by atoms with van der Waals surface area (Å²) in [5, 5.41) is 21.0. The zero-order valence-electron chi connectivity index (χ0n) is 8.76. The maximum Gasteiger partial charge on any atom is 0.0635 e. The van der Waals surface area contributed by atoms with E-state index >= 15 is 0 Å². The van der Waals surface area contributed by atoms with Gasteiger partial charge in [0.2, 0.25) is 0 Å². The molecule has 0 atom stereocenters. The van der Waals surface area contributed by atoms with E-state index in [2.05, 4.69) is 11.4 Å². The third-order valence-electron chi connectivity index (χ3n) is 3.16. The van der Waals surface area contributed by atoms with Crippen LogP contribution < -0.4 is 5.32 Å². The molecule has 0 spiro atoms. The molecule has 0 unspecified atom stereocenters. The molecular formula is C11H20N2O. The van der Waals surface area contributed by atoms with E-state index in [1.165, 1.54) is 19.3 Å². The highest BCUT2D eigenvalue weighted by Crippen LogP contribution is 2.35. The highest BCUT2D eigenvalue weighted by Gasteiger charge is 2.30. The Kier molecular flexibility index (Phi) is 4.92. The summed E-state index contributed by atoms with van der Waals surface area (Å²) in [6, 6.07) is 2.11. The molecule has 0 bridgehead atoms. The van der Waals surface area contributed by atoms with Gasteiger partial charge in [0.25, 0.3) is 0 Å². The molecule has 1 rings (SSSR count). The highest BCUT2D eigenvalue weighted by atomic mass is 16.3. The van der Waals surface area contributed by atoms with Crippen molar-refractivity contribution in [2.45, 2.75) is 38.5 Å². The second-order valence-corrected chi connectivity index (χ2v) is 4.30. The Balaban J connectivity index is 2.26. The molecule has 0 saturated heterocycles. The number of nitrogens with zero attached hydrogens (tertiary/aromatic N) is 1. The number of nitriles is 1. The maximum atomic E-state index is 9.39. The van der Waals surface area contributed by atoms with Crippen LogP contribution in [-0.2, 0) is 0 Å². The first kappa shape index (κ1) is 11.5. The Morgan fingerprint density at radius 1 is 1.29 bits per heavy atom. The van der Waals surface area contributed by atoms with Crippen LogP contribution in [0.15, 0.2) is 0 Å². The lowest BCUT2D eigenvalue weighted by Gasteiger charge is -2.35. The van der Waals surface area contributed by atoms with E-state index in [0.29, 0.717) is 6.42 Å². The minimum absolute atomic E-state index is 0.105. The second-order valence-electron chi connectivity index (χ2n) is 4.30. The minimum atomic E-state index is 0.105. The normalized spacial score (nSPS) is 20.3. The SMILES string of the molecule is N#CCCNCC1(CO)CCCCC1. The van der Waals surface area contributed by atoms with Gasteiger partial charge < -0.3 is 10.4 Å². The third-order valence-corrected chi connectivity index (χ3v) is 3.16. The van der Waals surface area contributed by atoms with Gasteiger partial charge in [-0.25, -0.2) is 0 Å². The van der Waals surface area contributed by atoms with Crippen LogP contribution in [-0.4, -0.2) is 24.8 Å². The first-order valence-electron chi connectivity index (χ1n) is 5.51. The lowest BCUT2D eigenvalue weighted by Crippen LogP contribution is -2.39. The average Bonchev–Trinajstić information content (AvgIpc) is 2.26. The van der Waals surface area contributed by atoms with Gasteiger partial charge in [-0.2, -0.15) is 5.26 Å². The van der Waals surface area contributed by atoms with Crippen LogP contribution in [0.25, 0.3) is 0 Å². The van der Waals surface area contributed by atoms with Crippen molar-refractivity contribution in [3.8, 4) is 6.07 Å². The summed E-state index contributed by atoms with van der Waals surface area (Å²) in [5.74, 6) is 0. The third kappa shape index (κ3) is 3.28. The molecule has 2 N–H and O–H groups in total. The van der Waals surface area contributed by atoms with E-state index in [4.69, 9.17) is 5.26 Å². The van der Waals surface area contributed by atoms with Crippen LogP contribution in [0.4, 0.5) is 0 Å². The molecule has 14 heavy (non-hydrogen) atoms. The van der Waals surface area contributed by atoms with Crippen molar-refractivity contribution in [2.75, 3.05) is 19.7 Å². The van der Waals surface area contributed by atoms with Crippen LogP contribution in [0, 0.1) is 16.7 Å². The Hall–Kier alpha value is -0.590. The minimum Gasteiger partial charge on any atom is -0.396 e. The average molecular weight is 196 g/mol. The summed E-state index contributed by atoms with van der Waals surface area (Å²) in [6.45, 7) is 1.90. The number of nitrogens with one attached hydrogen (secondary N) is 1. The second kappa shape index (κ2) is 6.00. The van der Waals surface area contributed by atoms with E-state index in [1.54, 1.807) is 0 Å². The van der Waals surface area contributed by atoms with Gasteiger partial charge in [0, 0.05) is 31.5 Å². The molecule has 1 saturated carbocycles. The summed E-state index contributed by atoms with van der Waals surface area (Å²) in [5.41, 5.74) is 0.105. The molecule has 1 aliphatic carbocycles. The van der Waals surface area contributed by atoms with Gasteiger partial charge in [-0.3, -0.25) is 0 Å². The Morgan fingerprint density at radius 3 is 2.57 bits per heavy atom. The van der Waals surface area contributed by atoms with E-state index in [9.17, 15) is 5.11 Å². The van der Waals surface area contributed by atoms with Crippen LogP contribution in [0.5, 0.6) is 0 Å². The van der Waals surface area contributed by atoms with Crippen molar-refractivity contribution < 1.29 is 5.11 Å². The van der Waals surface area contributed by atoms with Gasteiger partial charge in [-0.15, -0.1) is 0 Å². The van der Waals surface area contributed by atoms with Crippen LogP contribution in [0.3, 0.4) is 0 Å². The van der Waals surface area contributed by atoms with Gasteiger partial charge in [0.15, 0.2) is 0 Å². The van der Waals surface area contributed by atoms with Gasteiger partial charge in [0.05, 0.1) is 6.07 Å². The van der Waals surface area contributed by atoms with Crippen LogP contribution in [0.1, 0.15) is 38.5 Å². The first-order chi connectivity index (χ1) is 6.83. The molecule has 3 nitrogen and oxygen atoms in total. The Labute approximate surface area is 86.1 Å². The lowest BCUT2D eigenvalue weighted by atomic mass is 9.74. The summed E-state index contributed by atoms with van der Waals surface area (Å²) in [4.78, 5) is 0. The number of hydrogen-bond acceptors (Lipinski definition) is 3. The first-order valence-corrected chi connectivity index (χ1v) is 5.51. The molecule has 3 heteroatoms. The van der Waals surface area contributed by atoms with Crippen molar-refractivity contribution in [3.05, 3.63) is 0 Å². The fourth-order valence-electron chi connectivity index (χ4n) is 2.19. The van der Waals surface area contributed by atoms with Gasteiger partial charge in [-0.1, -0.05) is 19.3 Å². The molecule has 0 aromatic carbocycles. The van der Waals surface area contributed by atoms with Crippen molar-refractivity contribution >= 4 is 0 Å². The molecule has 1 fully saturated rings. The van der Waals surface area contributed by atoms with Crippen molar-refractivity contribution in [2.24, 2.45) is 5.41 Å². The van der Waals surface area contributed by atoms with Crippen molar-refractivity contribution in [3.63, 3.8) is 0 Å². The molecule has 0 aromatic heterocycles. The topological polar surface area (TPSA) is 56.0 Å². The fourth-order valence-corrected chi connectivity index (χ4v) is 2.19. The lowest BCUT2D eigenvalue weighted by molar-refractivity contribution is 0.0817. The Morgan fingerprint density at radius 2 is 2.00 bits per heavy atom. The smallest absolute Gasteiger partial charge is 0.0635 e. The molecule has 0 aliphatic heterocycles. The van der Waals surface area contributed by atoms with Crippen LogP contribution >= 0.6 is 0 Å². The monoisotopic (exact) mass is 196 g/mol. The molecule has 80 valence electrons. The zero-order valence-corrected chi connectivity index (χ0v) is 8.76. The molecule has 1 aliphatic rings. The molecule has 0 radical (unpaired) electrons. The van der Waals surface area contributed by atoms with Crippen LogP contribution in [0.2, 0.25) is 0 Å². The van der Waals surface area contributed by atoms with E-state index in [-0.39, 0.29) is 12.0 Å². The highest BCUT2D eigenvalue weighted by molar-refractivity contribution is 4.84. The fraction of sp³-hybridized carbons (Fsp3) is 0.909. The van der Waals surface area contributed by atoms with E-state index in [0.717, 1.165) is 25.9 Å². The predicted molar refractivity (Wildman–Crippen MR) is 55.7 cm³/mol. The summed E-state index contributed by atoms with van der Waals surface area (Å²) in [6.07, 6.45) is 6.59. The molecular weight excluding hydrogens is 176 g/mol. The summed E-state index contributed by atoms with van der Waals surface area (Å²) < 4.78 is 0. The Bertz CT molecular complexity index is 192. The zero-order chi connectivity index (χ0) is 10.3. The maximum absolute atomic E-state index is 9.39. The number of aliphatic hydroxyl groups is 1. The number of rotatable bonds is 5. The van der Waals surface area contributed by atoms with Crippen molar-refractivity contribution in [1.29, 1.82) is 5.26 Å². The van der Waals surface area contributed by atoms with E-state index in [1.807, 2.05) is 0 Å². The van der Waals surface area contributed by atoms with E-state index < -0.39 is 0 Å². The van der Waals surface area contributed by atoms with Gasteiger partial charge in [-0.05, 0) is 12.8 Å². The standard InChI is InChI=1S/C11H20N2O/c12-7-4-8-13-9-11(10-14)5-2-1-3-6-11/h13-14H,1-6,8-10H2. The summed E-state index contributed by atoms with van der Waals surface area (Å²) in [7, 11) is 0. The van der Waals surface area contributed by atoms with Gasteiger partial charge in [0.1, 0.15) is 0 Å². The summed E-state index contributed by atoms with van der Waals surface area (Å²) >= 11 is 0. The number of hydrogen-bond donors (Lipinski definition) is 2.